The van der Waals surface area contributed by atoms with Gasteiger partial charge in [-0.3, -0.25) is 4.98 Å². The molecule has 2 aromatic heterocycles. The summed E-state index contributed by atoms with van der Waals surface area (Å²) in [5.74, 6) is 0.440. The van der Waals surface area contributed by atoms with E-state index in [0.29, 0.717) is 11.1 Å². The van der Waals surface area contributed by atoms with E-state index in [1.54, 1.807) is 31.5 Å². The summed E-state index contributed by atoms with van der Waals surface area (Å²) in [4.78, 5) is 3.90. The molecule has 2 rings (SSSR count). The first-order chi connectivity index (χ1) is 7.79. The topological polar surface area (TPSA) is 75.6 Å². The molecule has 0 fully saturated rings. The molecule has 0 spiro atoms. The Morgan fingerprint density at radius 2 is 2.12 bits per heavy atom. The summed E-state index contributed by atoms with van der Waals surface area (Å²) < 4.78 is 5.40. The molecule has 0 amide bonds. The van der Waals surface area contributed by atoms with Gasteiger partial charge in [0.2, 0.25) is 5.89 Å². The maximum atomic E-state index is 8.65. The van der Waals surface area contributed by atoms with Gasteiger partial charge < -0.3 is 4.42 Å². The van der Waals surface area contributed by atoms with Crippen LogP contribution in [0.5, 0.6) is 0 Å². The van der Waals surface area contributed by atoms with E-state index in [2.05, 4.69) is 21.3 Å². The van der Waals surface area contributed by atoms with Gasteiger partial charge in [-0.05, 0) is 30.8 Å². The number of aromatic nitrogens is 3. The van der Waals surface area contributed by atoms with Crippen LogP contribution in [0.3, 0.4) is 0 Å². The normalized spacial score (nSPS) is 12.0. The van der Waals surface area contributed by atoms with Crippen molar-refractivity contribution in [2.75, 3.05) is 0 Å². The Bertz CT molecular complexity index is 505. The molecule has 0 aliphatic heterocycles. The maximum absolute atomic E-state index is 8.65. The van der Waals surface area contributed by atoms with E-state index in [1.807, 2.05) is 0 Å². The highest BCUT2D eigenvalue weighted by Gasteiger charge is 2.11. The quantitative estimate of drug-likeness (QED) is 0.754. The molecule has 5 nitrogen and oxygen atoms in total. The van der Waals surface area contributed by atoms with Crippen molar-refractivity contribution < 1.29 is 4.42 Å². The molecule has 0 saturated carbocycles. The van der Waals surface area contributed by atoms with Crippen LogP contribution >= 0.6 is 11.8 Å². The van der Waals surface area contributed by atoms with Gasteiger partial charge >= 0.3 is 0 Å². The smallest absolute Gasteiger partial charge is 0.278 e. The Balaban J connectivity index is 2.18. The number of hydrogen-bond acceptors (Lipinski definition) is 6. The average Bonchev–Trinajstić information content (AvgIpc) is 2.78. The molecule has 0 radical (unpaired) electrons. The largest absolute Gasteiger partial charge is 0.411 e. The van der Waals surface area contributed by atoms with Crippen LogP contribution in [0.2, 0.25) is 0 Å². The minimum absolute atomic E-state index is 0.203. The predicted octanol–water partition coefficient (Wildman–Crippen LogP) is 2.14. The van der Waals surface area contributed by atoms with E-state index in [9.17, 15) is 0 Å². The summed E-state index contributed by atoms with van der Waals surface area (Å²) in [6, 6.07) is 5.66. The minimum Gasteiger partial charge on any atom is -0.411 e. The van der Waals surface area contributed by atoms with Gasteiger partial charge in [0.15, 0.2) is 0 Å². The monoisotopic (exact) mass is 232 g/mol. The van der Waals surface area contributed by atoms with Gasteiger partial charge in [0.1, 0.15) is 0 Å². The molecule has 0 aliphatic rings. The Labute approximate surface area is 96.5 Å². The maximum Gasteiger partial charge on any atom is 0.278 e. The predicted molar refractivity (Wildman–Crippen MR) is 58.5 cm³/mol. The zero-order valence-electron chi connectivity index (χ0n) is 8.49. The van der Waals surface area contributed by atoms with Crippen LogP contribution in [-0.4, -0.2) is 20.4 Å². The fraction of sp³-hybridized carbons (Fsp3) is 0.200. The molecular formula is C10H8N4OS. The zero-order valence-corrected chi connectivity index (χ0v) is 9.31. The van der Waals surface area contributed by atoms with Gasteiger partial charge in [-0.1, -0.05) is 0 Å². The molecule has 0 bridgehead atoms. The first-order valence-corrected chi connectivity index (χ1v) is 5.47. The number of pyridine rings is 1. The summed E-state index contributed by atoms with van der Waals surface area (Å²) in [6.07, 6.45) is 3.31. The zero-order chi connectivity index (χ0) is 11.4. The van der Waals surface area contributed by atoms with Crippen molar-refractivity contribution in [2.45, 2.75) is 17.4 Å². The number of hydrogen-bond donors (Lipinski definition) is 0. The second-order valence-corrected chi connectivity index (χ2v) is 4.29. The molecule has 6 heteroatoms. The second kappa shape index (κ2) is 4.77. The highest BCUT2D eigenvalue weighted by molar-refractivity contribution is 7.99. The van der Waals surface area contributed by atoms with Crippen LogP contribution in [-0.2, 0) is 0 Å². The van der Waals surface area contributed by atoms with Gasteiger partial charge in [0.05, 0.1) is 11.3 Å². The summed E-state index contributed by atoms with van der Waals surface area (Å²) in [7, 11) is 0. The molecule has 0 aromatic carbocycles. The van der Waals surface area contributed by atoms with E-state index >= 15 is 0 Å². The molecule has 1 atom stereocenters. The number of nitrogens with zero attached hydrogens (tertiary/aromatic N) is 4. The standard InChI is InChI=1S/C10H8N4OS/c1-7(6-11)16-10-14-13-9(15-10)8-2-4-12-5-3-8/h2-5,7H,1H3. The molecule has 0 saturated heterocycles. The molecule has 16 heavy (non-hydrogen) atoms. The summed E-state index contributed by atoms with van der Waals surface area (Å²) in [5.41, 5.74) is 0.818. The van der Waals surface area contributed by atoms with Crippen LogP contribution < -0.4 is 0 Å². The lowest BCUT2D eigenvalue weighted by molar-refractivity contribution is 0.465. The van der Waals surface area contributed by atoms with Gasteiger partial charge in [0, 0.05) is 18.0 Å². The number of nitriles is 1. The number of rotatable bonds is 3. The average molecular weight is 232 g/mol. The lowest BCUT2D eigenvalue weighted by atomic mass is 10.3. The SMILES string of the molecule is CC(C#N)Sc1nnc(-c2ccncc2)o1. The van der Waals surface area contributed by atoms with Gasteiger partial charge in [-0.2, -0.15) is 5.26 Å². The van der Waals surface area contributed by atoms with Crippen molar-refractivity contribution in [2.24, 2.45) is 0 Å². The summed E-state index contributed by atoms with van der Waals surface area (Å²) in [6.45, 7) is 1.78. The molecule has 0 aliphatic carbocycles. The fourth-order valence-electron chi connectivity index (χ4n) is 1.05. The molecule has 2 aromatic rings. The molecule has 80 valence electrons. The van der Waals surface area contributed by atoms with E-state index in [-0.39, 0.29) is 5.25 Å². The third kappa shape index (κ3) is 2.38. The molecule has 1 unspecified atom stereocenters. The van der Waals surface area contributed by atoms with Crippen LogP contribution in [0.1, 0.15) is 6.92 Å². The second-order valence-electron chi connectivity index (χ2n) is 3.00. The van der Waals surface area contributed by atoms with Gasteiger partial charge in [-0.15, -0.1) is 10.2 Å². The highest BCUT2D eigenvalue weighted by Crippen LogP contribution is 2.25. The Morgan fingerprint density at radius 3 is 2.81 bits per heavy atom. The Hall–Kier alpha value is -1.87. The van der Waals surface area contributed by atoms with Crippen molar-refractivity contribution in [3.8, 4) is 17.5 Å². The van der Waals surface area contributed by atoms with Gasteiger partial charge in [-0.25, -0.2) is 0 Å². The Kier molecular flexibility index (Phi) is 3.17. The van der Waals surface area contributed by atoms with Crippen molar-refractivity contribution in [1.29, 1.82) is 5.26 Å². The van der Waals surface area contributed by atoms with Crippen LogP contribution in [0.15, 0.2) is 34.2 Å². The fourth-order valence-corrected chi connectivity index (χ4v) is 1.62. The van der Waals surface area contributed by atoms with Crippen molar-refractivity contribution in [3.63, 3.8) is 0 Å². The van der Waals surface area contributed by atoms with Crippen molar-refractivity contribution in [3.05, 3.63) is 24.5 Å². The third-order valence-electron chi connectivity index (χ3n) is 1.79. The van der Waals surface area contributed by atoms with Crippen LogP contribution in [0.4, 0.5) is 0 Å². The lowest BCUT2D eigenvalue weighted by Crippen LogP contribution is -1.88. The Morgan fingerprint density at radius 1 is 1.38 bits per heavy atom. The first-order valence-electron chi connectivity index (χ1n) is 4.60. The summed E-state index contributed by atoms with van der Waals surface area (Å²) >= 11 is 1.24. The minimum atomic E-state index is -0.203. The first kappa shape index (κ1) is 10.6. The van der Waals surface area contributed by atoms with Crippen LogP contribution in [0.25, 0.3) is 11.5 Å². The van der Waals surface area contributed by atoms with E-state index < -0.39 is 0 Å². The van der Waals surface area contributed by atoms with E-state index in [0.717, 1.165) is 5.56 Å². The van der Waals surface area contributed by atoms with E-state index in [4.69, 9.17) is 9.68 Å². The summed E-state index contributed by atoms with van der Waals surface area (Å²) in [5, 5.41) is 16.6. The molecule has 0 N–H and O–H groups in total. The third-order valence-corrected chi connectivity index (χ3v) is 2.62. The highest BCUT2D eigenvalue weighted by atomic mass is 32.2. The van der Waals surface area contributed by atoms with Gasteiger partial charge in [0.25, 0.3) is 5.22 Å². The molecular weight excluding hydrogens is 224 g/mol. The lowest BCUT2D eigenvalue weighted by Gasteiger charge is -1.94. The van der Waals surface area contributed by atoms with Crippen molar-refractivity contribution in [1.82, 2.24) is 15.2 Å². The molecule has 2 heterocycles. The van der Waals surface area contributed by atoms with Crippen molar-refractivity contribution >= 4 is 11.8 Å². The van der Waals surface area contributed by atoms with E-state index in [1.165, 1.54) is 11.8 Å². The number of thioether (sulfide) groups is 1. The van der Waals surface area contributed by atoms with Crippen LogP contribution in [0, 0.1) is 11.3 Å².